The molecule has 1 aromatic heterocycles. The zero-order valence-electron chi connectivity index (χ0n) is 17.1. The Morgan fingerprint density at radius 1 is 1.06 bits per heavy atom. The molecule has 2 saturated heterocycles. The van der Waals surface area contributed by atoms with Gasteiger partial charge in [-0.2, -0.15) is 0 Å². The van der Waals surface area contributed by atoms with E-state index in [2.05, 4.69) is 5.32 Å². The van der Waals surface area contributed by atoms with Gasteiger partial charge in [0.25, 0.3) is 5.91 Å². The van der Waals surface area contributed by atoms with Crippen LogP contribution in [-0.2, 0) is 4.74 Å². The molecule has 11 nitrogen and oxygen atoms in total. The number of hydrogen-bond donors (Lipinski definition) is 4. The van der Waals surface area contributed by atoms with Crippen molar-refractivity contribution in [2.45, 2.75) is 18.6 Å². The largest absolute Gasteiger partial charge is 0.465 e. The van der Waals surface area contributed by atoms with Gasteiger partial charge in [0.05, 0.1) is 35.4 Å². The van der Waals surface area contributed by atoms with E-state index in [1.165, 1.54) is 9.80 Å². The monoisotopic (exact) mass is 496 g/mol. The number of aliphatic hydroxyl groups is 2. The van der Waals surface area contributed by atoms with Crippen LogP contribution in [0.1, 0.15) is 9.67 Å². The number of aliphatic hydroxyl groups excluding tert-OH is 2. The Hall–Kier alpha value is -3.06. The van der Waals surface area contributed by atoms with Crippen LogP contribution in [0.4, 0.5) is 21.0 Å². The van der Waals surface area contributed by atoms with E-state index < -0.39 is 30.7 Å². The summed E-state index contributed by atoms with van der Waals surface area (Å²) in [6.45, 7) is 0.0302. The van der Waals surface area contributed by atoms with Crippen LogP contribution in [0.2, 0.25) is 4.34 Å². The van der Waals surface area contributed by atoms with Gasteiger partial charge in [-0.1, -0.05) is 11.6 Å². The molecule has 33 heavy (non-hydrogen) atoms. The Labute approximate surface area is 197 Å². The fourth-order valence-corrected chi connectivity index (χ4v) is 4.68. The second-order valence-corrected chi connectivity index (χ2v) is 9.22. The van der Waals surface area contributed by atoms with Crippen molar-refractivity contribution in [1.29, 1.82) is 0 Å². The standard InChI is InChI=1S/C20H21ClN4O7S/c21-15-6-5-14(33-15)18(28)22-7-13-8-24(20(31)32-13)11-1-3-12(4-2-11)25-16(26)9-23(19(29)30)10-17(25)27/h1-6,13,16-17,26-27H,7-10H2,(H,22,28)(H,29,30). The molecule has 2 aromatic rings. The Morgan fingerprint density at radius 2 is 1.70 bits per heavy atom. The number of halogens is 1. The van der Waals surface area contributed by atoms with E-state index in [-0.39, 0.29) is 32.1 Å². The fourth-order valence-electron chi connectivity index (χ4n) is 3.72. The number of benzene rings is 1. The second-order valence-electron chi connectivity index (χ2n) is 7.50. The first kappa shape index (κ1) is 23.1. The number of ether oxygens (including phenoxy) is 1. The van der Waals surface area contributed by atoms with E-state index in [4.69, 9.17) is 21.4 Å². The molecule has 3 heterocycles. The smallest absolute Gasteiger partial charge is 0.414 e. The average Bonchev–Trinajstić information content (AvgIpc) is 3.37. The molecule has 0 radical (unpaired) electrons. The van der Waals surface area contributed by atoms with Crippen molar-refractivity contribution in [3.8, 4) is 0 Å². The molecule has 3 amide bonds. The molecule has 3 unspecified atom stereocenters. The first-order valence-corrected chi connectivity index (χ1v) is 11.2. The molecule has 0 bridgehead atoms. The number of amides is 3. The number of nitrogens with one attached hydrogen (secondary N) is 1. The van der Waals surface area contributed by atoms with Crippen LogP contribution in [0.15, 0.2) is 36.4 Å². The van der Waals surface area contributed by atoms with E-state index in [1.807, 2.05) is 0 Å². The molecule has 4 rings (SSSR count). The third-order valence-corrected chi connectivity index (χ3v) is 6.53. The van der Waals surface area contributed by atoms with Gasteiger partial charge in [0.1, 0.15) is 18.6 Å². The van der Waals surface area contributed by atoms with Crippen molar-refractivity contribution < 1.29 is 34.4 Å². The van der Waals surface area contributed by atoms with Crippen molar-refractivity contribution in [2.24, 2.45) is 0 Å². The summed E-state index contributed by atoms with van der Waals surface area (Å²) in [4.78, 5) is 39.7. The molecule has 0 spiro atoms. The predicted molar refractivity (Wildman–Crippen MR) is 120 cm³/mol. The third kappa shape index (κ3) is 4.98. The van der Waals surface area contributed by atoms with Gasteiger partial charge < -0.3 is 30.3 Å². The molecule has 176 valence electrons. The van der Waals surface area contributed by atoms with E-state index in [1.54, 1.807) is 36.4 Å². The number of carboxylic acid groups (broad SMARTS) is 1. The van der Waals surface area contributed by atoms with E-state index in [0.717, 1.165) is 16.2 Å². The molecular weight excluding hydrogens is 476 g/mol. The van der Waals surface area contributed by atoms with Crippen LogP contribution in [-0.4, -0.2) is 83.1 Å². The number of piperazine rings is 1. The van der Waals surface area contributed by atoms with Gasteiger partial charge in [-0.05, 0) is 36.4 Å². The molecule has 1 aromatic carbocycles. The number of hydrogen-bond acceptors (Lipinski definition) is 8. The van der Waals surface area contributed by atoms with Crippen LogP contribution >= 0.6 is 22.9 Å². The molecule has 4 N–H and O–H groups in total. The number of cyclic esters (lactones) is 1. The lowest BCUT2D eigenvalue weighted by Crippen LogP contribution is -2.60. The highest BCUT2D eigenvalue weighted by Gasteiger charge is 2.36. The van der Waals surface area contributed by atoms with Crippen molar-refractivity contribution in [1.82, 2.24) is 10.2 Å². The van der Waals surface area contributed by atoms with E-state index in [0.29, 0.717) is 20.6 Å². The maximum Gasteiger partial charge on any atom is 0.414 e. The zero-order chi connectivity index (χ0) is 23.7. The summed E-state index contributed by atoms with van der Waals surface area (Å²) >= 11 is 6.99. The van der Waals surface area contributed by atoms with Gasteiger partial charge in [0, 0.05) is 11.4 Å². The number of nitrogens with zero attached hydrogens (tertiary/aromatic N) is 3. The quantitative estimate of drug-likeness (QED) is 0.488. The summed E-state index contributed by atoms with van der Waals surface area (Å²) < 4.78 is 5.84. The van der Waals surface area contributed by atoms with Gasteiger partial charge in [-0.15, -0.1) is 11.3 Å². The number of carbonyl (C=O) groups is 3. The first-order valence-electron chi connectivity index (χ1n) is 9.97. The lowest BCUT2D eigenvalue weighted by molar-refractivity contribution is 0.000474. The maximum absolute atomic E-state index is 12.3. The molecule has 3 atom stereocenters. The van der Waals surface area contributed by atoms with Crippen molar-refractivity contribution in [3.63, 3.8) is 0 Å². The molecule has 0 saturated carbocycles. The van der Waals surface area contributed by atoms with Crippen molar-refractivity contribution >= 4 is 52.4 Å². The zero-order valence-corrected chi connectivity index (χ0v) is 18.7. The lowest BCUT2D eigenvalue weighted by atomic mass is 10.2. The summed E-state index contributed by atoms with van der Waals surface area (Å²) in [6, 6.07) is 9.74. The van der Waals surface area contributed by atoms with Gasteiger partial charge in [-0.25, -0.2) is 9.59 Å². The Kier molecular flexibility index (Phi) is 6.61. The number of carbonyl (C=O) groups excluding carboxylic acids is 2. The summed E-state index contributed by atoms with van der Waals surface area (Å²) in [7, 11) is 0. The summed E-state index contributed by atoms with van der Waals surface area (Å²) in [5.41, 5.74) is 1.01. The second kappa shape index (κ2) is 9.43. The molecule has 2 aliphatic heterocycles. The van der Waals surface area contributed by atoms with Crippen LogP contribution in [0.5, 0.6) is 0 Å². The molecular formula is C20H21ClN4O7S. The van der Waals surface area contributed by atoms with E-state index >= 15 is 0 Å². The van der Waals surface area contributed by atoms with Gasteiger partial charge >= 0.3 is 12.2 Å². The van der Waals surface area contributed by atoms with Crippen LogP contribution in [0.25, 0.3) is 0 Å². The summed E-state index contributed by atoms with van der Waals surface area (Å²) in [5, 5.41) is 32.4. The highest BCUT2D eigenvalue weighted by atomic mass is 35.5. The van der Waals surface area contributed by atoms with Crippen LogP contribution < -0.4 is 15.1 Å². The third-order valence-electron chi connectivity index (χ3n) is 5.30. The summed E-state index contributed by atoms with van der Waals surface area (Å²) in [5.74, 6) is -0.300. The van der Waals surface area contributed by atoms with Crippen LogP contribution in [0.3, 0.4) is 0 Å². The molecule has 2 fully saturated rings. The number of β-amino-alcohol motifs (C(OH)–C–C–N with tert-alkyl or cyclic N) is 2. The van der Waals surface area contributed by atoms with Gasteiger partial charge in [-0.3, -0.25) is 14.6 Å². The average molecular weight is 497 g/mol. The minimum absolute atomic E-state index is 0.140. The number of rotatable bonds is 5. The van der Waals surface area contributed by atoms with Gasteiger partial charge in [0.2, 0.25) is 0 Å². The number of anilines is 2. The van der Waals surface area contributed by atoms with Crippen molar-refractivity contribution in [3.05, 3.63) is 45.6 Å². The molecule has 0 aliphatic carbocycles. The SMILES string of the molecule is O=C(NCC1CN(c2ccc(N3C(O)CN(C(=O)O)CC3O)cc2)C(=O)O1)c1ccc(Cl)s1. The normalized spacial score (nSPS) is 22.9. The highest BCUT2D eigenvalue weighted by Crippen LogP contribution is 2.28. The molecule has 2 aliphatic rings. The fraction of sp³-hybridized carbons (Fsp3) is 0.350. The predicted octanol–water partition coefficient (Wildman–Crippen LogP) is 1.59. The highest BCUT2D eigenvalue weighted by molar-refractivity contribution is 7.18. The van der Waals surface area contributed by atoms with Crippen LogP contribution in [0, 0.1) is 0 Å². The molecule has 13 heteroatoms. The number of thiophene rings is 1. The minimum atomic E-state index is -1.22. The summed E-state index contributed by atoms with van der Waals surface area (Å²) in [6.07, 6.45) is -4.77. The topological polar surface area (TPSA) is 143 Å². The minimum Gasteiger partial charge on any atom is -0.465 e. The van der Waals surface area contributed by atoms with Gasteiger partial charge in [0.15, 0.2) is 0 Å². The first-order chi connectivity index (χ1) is 15.7. The van der Waals surface area contributed by atoms with E-state index in [9.17, 15) is 24.6 Å². The Morgan fingerprint density at radius 3 is 2.27 bits per heavy atom. The Balaban J connectivity index is 1.36. The van der Waals surface area contributed by atoms with Crippen molar-refractivity contribution in [2.75, 3.05) is 36.0 Å². The lowest BCUT2D eigenvalue weighted by Gasteiger charge is -2.42. The Bertz CT molecular complexity index is 1040. The maximum atomic E-state index is 12.3.